The van der Waals surface area contributed by atoms with Gasteiger partial charge >= 0.3 is 6.03 Å². The lowest BCUT2D eigenvalue weighted by atomic mass is 9.72. The number of imidazole rings is 1. The Labute approximate surface area is 181 Å². The number of hydrogen-bond donors (Lipinski definition) is 1. The largest absolute Gasteiger partial charge is 0.392 e. The van der Waals surface area contributed by atoms with Gasteiger partial charge in [-0.1, -0.05) is 41.6 Å². The van der Waals surface area contributed by atoms with Gasteiger partial charge < -0.3 is 15.1 Å². The van der Waals surface area contributed by atoms with Crippen LogP contribution in [0.25, 0.3) is 0 Å². The molecule has 2 aliphatic heterocycles. The highest BCUT2D eigenvalue weighted by Crippen LogP contribution is 2.39. The number of aromatic nitrogens is 2. The number of likely N-dealkylation sites (tertiary alicyclic amines) is 1. The molecule has 8 nitrogen and oxygen atoms in total. The molecule has 0 unspecified atom stereocenters. The molecular formula is C23H27N5O3. The molecule has 1 atom stereocenters. The van der Waals surface area contributed by atoms with Crippen LogP contribution in [0.2, 0.25) is 0 Å². The number of benzene rings is 1. The summed E-state index contributed by atoms with van der Waals surface area (Å²) in [4.78, 5) is 37.2. The minimum absolute atomic E-state index is 0.0149. The van der Waals surface area contributed by atoms with Gasteiger partial charge in [0.05, 0.1) is 11.1 Å². The third-order valence-electron chi connectivity index (χ3n) is 6.06. The number of nitrogens with one attached hydrogen (secondary N) is 1. The first-order valence-corrected chi connectivity index (χ1v) is 10.6. The van der Waals surface area contributed by atoms with E-state index in [1.165, 1.54) is 10.9 Å². The topological polar surface area (TPSA) is 88.8 Å². The third-order valence-corrected chi connectivity index (χ3v) is 6.06. The molecule has 4 rings (SSSR count). The van der Waals surface area contributed by atoms with Crippen molar-refractivity contribution in [2.75, 3.05) is 19.6 Å². The summed E-state index contributed by atoms with van der Waals surface area (Å²) in [5.74, 6) is -0.0149. The van der Waals surface area contributed by atoms with Crippen LogP contribution >= 0.6 is 0 Å². The normalized spacial score (nSPS) is 19.9. The molecule has 2 amide bonds. The van der Waals surface area contributed by atoms with E-state index in [1.54, 1.807) is 23.4 Å². The molecule has 8 heteroatoms. The first-order valence-electron chi connectivity index (χ1n) is 10.6. The van der Waals surface area contributed by atoms with E-state index in [1.807, 2.05) is 30.3 Å². The number of carbonyl (C=O) groups excluding carboxylic acids is 2. The highest BCUT2D eigenvalue weighted by Gasteiger charge is 2.45. The van der Waals surface area contributed by atoms with Gasteiger partial charge in [0.15, 0.2) is 0 Å². The summed E-state index contributed by atoms with van der Waals surface area (Å²) in [5, 5.41) is 7.24. The summed E-state index contributed by atoms with van der Waals surface area (Å²) in [6.07, 6.45) is 8.57. The average molecular weight is 422 g/mol. The monoisotopic (exact) mass is 421 g/mol. The smallest absolute Gasteiger partial charge is 0.329 e. The molecule has 0 radical (unpaired) electrons. The van der Waals surface area contributed by atoms with Crippen molar-refractivity contribution in [1.82, 2.24) is 19.8 Å². The average Bonchev–Trinajstić information content (AvgIpc) is 3.50. The number of oxime groups is 1. The van der Waals surface area contributed by atoms with E-state index in [-0.39, 0.29) is 18.0 Å². The van der Waals surface area contributed by atoms with Crippen LogP contribution in [0.5, 0.6) is 0 Å². The van der Waals surface area contributed by atoms with E-state index >= 15 is 0 Å². The first-order chi connectivity index (χ1) is 15.1. The van der Waals surface area contributed by atoms with Crippen LogP contribution < -0.4 is 5.32 Å². The minimum Gasteiger partial charge on any atom is -0.392 e. The number of nitrogens with zero attached hydrogens (tertiary/aromatic N) is 4. The number of hydrogen-bond acceptors (Lipinski definition) is 5. The van der Waals surface area contributed by atoms with E-state index in [9.17, 15) is 9.59 Å². The van der Waals surface area contributed by atoms with Crippen LogP contribution in [-0.4, -0.2) is 57.8 Å². The van der Waals surface area contributed by atoms with Crippen molar-refractivity contribution in [2.24, 2.45) is 10.6 Å². The summed E-state index contributed by atoms with van der Waals surface area (Å²) in [6, 6.07) is 9.82. The quantitative estimate of drug-likeness (QED) is 0.727. The van der Waals surface area contributed by atoms with E-state index in [4.69, 9.17) is 4.84 Å². The van der Waals surface area contributed by atoms with Crippen molar-refractivity contribution in [2.45, 2.75) is 31.8 Å². The maximum Gasteiger partial charge on any atom is 0.329 e. The predicted molar refractivity (Wildman–Crippen MR) is 117 cm³/mol. The van der Waals surface area contributed by atoms with Crippen LogP contribution in [0.1, 0.15) is 31.2 Å². The Bertz CT molecular complexity index is 947. The Hall–Kier alpha value is -3.42. The molecule has 1 fully saturated rings. The maximum atomic E-state index is 13.2. The molecule has 0 saturated carbocycles. The van der Waals surface area contributed by atoms with Crippen LogP contribution in [-0.2, 0) is 9.63 Å². The van der Waals surface area contributed by atoms with Crippen molar-refractivity contribution in [3.05, 3.63) is 67.3 Å². The molecular weight excluding hydrogens is 394 g/mol. The fraction of sp³-hybridized carbons (Fsp3) is 0.391. The number of amides is 2. The summed E-state index contributed by atoms with van der Waals surface area (Å²) in [6.45, 7) is 5.10. The fourth-order valence-corrected chi connectivity index (χ4v) is 4.31. The first kappa shape index (κ1) is 20.8. The molecule has 3 heterocycles. The highest BCUT2D eigenvalue weighted by atomic mass is 16.6. The van der Waals surface area contributed by atoms with Crippen LogP contribution in [0.3, 0.4) is 0 Å². The van der Waals surface area contributed by atoms with Crippen molar-refractivity contribution in [3.8, 4) is 0 Å². The molecule has 1 saturated heterocycles. The van der Waals surface area contributed by atoms with Crippen molar-refractivity contribution in [1.29, 1.82) is 0 Å². The molecule has 1 N–H and O–H groups in total. The van der Waals surface area contributed by atoms with Gasteiger partial charge in [0.2, 0.25) is 5.91 Å². The highest BCUT2D eigenvalue weighted by molar-refractivity contribution is 6.01. The van der Waals surface area contributed by atoms with Gasteiger partial charge in [-0.05, 0) is 18.4 Å². The second-order valence-electron chi connectivity index (χ2n) is 8.06. The molecule has 0 aliphatic carbocycles. The lowest BCUT2D eigenvalue weighted by Crippen LogP contribution is -2.52. The Kier molecular flexibility index (Phi) is 6.16. The summed E-state index contributed by atoms with van der Waals surface area (Å²) in [5.41, 5.74) is 1.33. The second-order valence-corrected chi connectivity index (χ2v) is 8.06. The number of piperidine rings is 1. The van der Waals surface area contributed by atoms with E-state index in [0.717, 1.165) is 11.3 Å². The number of carbonyl (C=O) groups is 2. The molecule has 0 spiro atoms. The van der Waals surface area contributed by atoms with Crippen LogP contribution in [0.4, 0.5) is 4.79 Å². The molecule has 2 aliphatic rings. The van der Waals surface area contributed by atoms with Gasteiger partial charge in [0.25, 0.3) is 0 Å². The van der Waals surface area contributed by atoms with E-state index in [0.29, 0.717) is 45.3 Å². The standard InChI is InChI=1S/C23H27N5O3/c1-2-10-25-21(29)23(8-12-27(13-9-23)22(30)28-14-11-24-17-28)16-19-15-20(26-31-19)18-6-4-3-5-7-18/h2-7,11,14,17,19H,1,8-10,12-13,15-16H2,(H,25,29)/t19-/m0/s1. The van der Waals surface area contributed by atoms with Gasteiger partial charge in [0.1, 0.15) is 12.4 Å². The number of rotatable bonds is 6. The maximum absolute atomic E-state index is 13.2. The predicted octanol–water partition coefficient (Wildman–Crippen LogP) is 2.82. The Morgan fingerprint density at radius 1 is 1.26 bits per heavy atom. The van der Waals surface area contributed by atoms with Crippen LogP contribution in [0.15, 0.2) is 66.9 Å². The van der Waals surface area contributed by atoms with Gasteiger partial charge in [-0.25, -0.2) is 9.78 Å². The van der Waals surface area contributed by atoms with Crippen LogP contribution in [0, 0.1) is 5.41 Å². The molecule has 1 aromatic heterocycles. The lowest BCUT2D eigenvalue weighted by Gasteiger charge is -2.41. The van der Waals surface area contributed by atoms with Gasteiger partial charge in [0, 0.05) is 44.9 Å². The Morgan fingerprint density at radius 2 is 2.03 bits per heavy atom. The third kappa shape index (κ3) is 4.52. The summed E-state index contributed by atoms with van der Waals surface area (Å²) in [7, 11) is 0. The summed E-state index contributed by atoms with van der Waals surface area (Å²) < 4.78 is 1.46. The zero-order chi connectivity index (χ0) is 21.7. The Balaban J connectivity index is 1.44. The van der Waals surface area contributed by atoms with Gasteiger partial charge in [-0.15, -0.1) is 6.58 Å². The second kappa shape index (κ2) is 9.16. The SMILES string of the molecule is C=CCNC(=O)C1(C[C@@H]2CC(c3ccccc3)=NO2)CCN(C(=O)n2ccnc2)CC1. The van der Waals surface area contributed by atoms with Gasteiger partial charge in [-0.2, -0.15) is 0 Å². The molecule has 162 valence electrons. The van der Waals surface area contributed by atoms with Gasteiger partial charge in [-0.3, -0.25) is 9.36 Å². The zero-order valence-corrected chi connectivity index (χ0v) is 17.4. The van der Waals surface area contributed by atoms with Crippen molar-refractivity contribution < 1.29 is 14.4 Å². The molecule has 31 heavy (non-hydrogen) atoms. The minimum atomic E-state index is -0.610. The summed E-state index contributed by atoms with van der Waals surface area (Å²) >= 11 is 0. The molecule has 0 bridgehead atoms. The van der Waals surface area contributed by atoms with Crippen molar-refractivity contribution in [3.63, 3.8) is 0 Å². The molecule has 1 aromatic carbocycles. The van der Waals surface area contributed by atoms with Crippen molar-refractivity contribution >= 4 is 17.6 Å². The van der Waals surface area contributed by atoms with E-state index < -0.39 is 5.41 Å². The van der Waals surface area contributed by atoms with E-state index in [2.05, 4.69) is 22.0 Å². The Morgan fingerprint density at radius 3 is 2.71 bits per heavy atom. The fourth-order valence-electron chi connectivity index (χ4n) is 4.31. The lowest BCUT2D eigenvalue weighted by molar-refractivity contribution is -0.136. The zero-order valence-electron chi connectivity index (χ0n) is 17.4. The molecule has 2 aromatic rings.